The average molecular weight is 343 g/mol. The van der Waals surface area contributed by atoms with E-state index in [2.05, 4.69) is 25.4 Å². The average Bonchev–Trinajstić information content (AvgIpc) is 3.02. The van der Waals surface area contributed by atoms with Crippen LogP contribution in [0.1, 0.15) is 32.3 Å². The monoisotopic (exact) mass is 343 g/mol. The second-order valence-electron chi connectivity index (χ2n) is 6.61. The Bertz CT molecular complexity index is 995. The zero-order chi connectivity index (χ0) is 18.4. The van der Waals surface area contributed by atoms with Gasteiger partial charge in [-0.3, -0.25) is 15.2 Å². The number of aromatic amines is 1. The van der Waals surface area contributed by atoms with E-state index >= 15 is 0 Å². The van der Waals surface area contributed by atoms with E-state index in [1.54, 1.807) is 6.92 Å². The van der Waals surface area contributed by atoms with Gasteiger partial charge in [0.15, 0.2) is 5.69 Å². The van der Waals surface area contributed by atoms with Crippen LogP contribution in [-0.2, 0) is 5.41 Å². The van der Waals surface area contributed by atoms with E-state index in [-0.39, 0.29) is 22.5 Å². The van der Waals surface area contributed by atoms with Gasteiger partial charge in [-0.25, -0.2) is 4.98 Å². The van der Waals surface area contributed by atoms with Gasteiger partial charge in [0.25, 0.3) is 5.69 Å². The van der Waals surface area contributed by atoms with Crippen molar-refractivity contribution in [1.29, 1.82) is 0 Å². The molecule has 3 aromatic rings. The number of aryl methyl sites for hydroxylation is 1. The van der Waals surface area contributed by atoms with Crippen molar-refractivity contribution >= 4 is 22.7 Å². The Hall–Kier alpha value is -3.30. The van der Waals surface area contributed by atoms with Crippen molar-refractivity contribution in [2.45, 2.75) is 33.1 Å². The number of H-pyrrole nitrogens is 1. The van der Waals surface area contributed by atoms with Gasteiger partial charge in [0.1, 0.15) is 17.3 Å². The molecule has 0 fully saturated rings. The lowest BCUT2D eigenvalue weighted by atomic mass is 9.91. The zero-order valence-electron chi connectivity index (χ0n) is 14.2. The standard InChI is InChI=1S/C15H17N7O3/c1-8-16-14-12(13(15(2,3)4)20-21(14)19-8)18-17-10-7-9(22(24)25)5-6-11(10)23/h5-7,20,23H,1-4H3. The zero-order valence-corrected chi connectivity index (χ0v) is 14.2. The highest BCUT2D eigenvalue weighted by molar-refractivity contribution is 5.68. The molecule has 0 saturated heterocycles. The first-order valence-electron chi connectivity index (χ1n) is 7.52. The molecule has 10 nitrogen and oxygen atoms in total. The molecule has 130 valence electrons. The number of nitro groups is 1. The molecule has 0 aliphatic rings. The fourth-order valence-corrected chi connectivity index (χ4v) is 2.34. The SMILES string of the molecule is Cc1nc2c(N=Nc3cc([N+](=O)[O-])ccc3O)c(C(C)(C)C)[nH]n2n1. The van der Waals surface area contributed by atoms with Crippen molar-refractivity contribution in [3.05, 3.63) is 39.8 Å². The van der Waals surface area contributed by atoms with Crippen LogP contribution in [0, 0.1) is 17.0 Å². The summed E-state index contributed by atoms with van der Waals surface area (Å²) in [4.78, 5) is 14.6. The number of rotatable bonds is 3. The number of phenols is 1. The second kappa shape index (κ2) is 5.65. The molecule has 2 aromatic heterocycles. The van der Waals surface area contributed by atoms with Gasteiger partial charge in [-0.15, -0.1) is 15.3 Å². The highest BCUT2D eigenvalue weighted by Crippen LogP contribution is 2.36. The van der Waals surface area contributed by atoms with E-state index in [0.717, 1.165) is 11.8 Å². The number of nitrogens with one attached hydrogen (secondary N) is 1. The molecule has 1 aromatic carbocycles. The molecule has 0 spiro atoms. The number of azo groups is 1. The molecule has 2 heterocycles. The Morgan fingerprint density at radius 1 is 1.32 bits per heavy atom. The smallest absolute Gasteiger partial charge is 0.271 e. The molecule has 0 radical (unpaired) electrons. The van der Waals surface area contributed by atoms with E-state index in [9.17, 15) is 15.2 Å². The first kappa shape index (κ1) is 16.6. The maximum absolute atomic E-state index is 10.9. The molecular formula is C15H17N7O3. The van der Waals surface area contributed by atoms with E-state index in [4.69, 9.17) is 0 Å². The Balaban J connectivity index is 2.12. The third-order valence-electron chi connectivity index (χ3n) is 3.56. The number of fused-ring (bicyclic) bond motifs is 1. The van der Waals surface area contributed by atoms with Crippen LogP contribution in [0.2, 0.25) is 0 Å². The lowest BCUT2D eigenvalue weighted by Crippen LogP contribution is -2.12. The van der Waals surface area contributed by atoms with Gasteiger partial charge in [-0.2, -0.15) is 4.63 Å². The predicted octanol–water partition coefficient (Wildman–Crippen LogP) is 3.69. The summed E-state index contributed by atoms with van der Waals surface area (Å²) >= 11 is 0. The number of nitrogens with zero attached hydrogens (tertiary/aromatic N) is 6. The summed E-state index contributed by atoms with van der Waals surface area (Å²) in [6.45, 7) is 7.74. The molecular weight excluding hydrogens is 326 g/mol. The van der Waals surface area contributed by atoms with Crippen molar-refractivity contribution in [2.24, 2.45) is 10.2 Å². The summed E-state index contributed by atoms with van der Waals surface area (Å²) in [5.41, 5.74) is 1.27. The van der Waals surface area contributed by atoms with Gasteiger partial charge in [0, 0.05) is 17.5 Å². The van der Waals surface area contributed by atoms with Crippen LogP contribution in [0.15, 0.2) is 28.4 Å². The van der Waals surface area contributed by atoms with Gasteiger partial charge in [0.2, 0.25) is 5.65 Å². The van der Waals surface area contributed by atoms with Crippen LogP contribution in [0.25, 0.3) is 5.65 Å². The number of aromatic hydroxyl groups is 1. The van der Waals surface area contributed by atoms with Crippen LogP contribution in [-0.4, -0.2) is 29.8 Å². The van der Waals surface area contributed by atoms with Crippen LogP contribution in [0.5, 0.6) is 5.75 Å². The molecule has 0 aliphatic carbocycles. The van der Waals surface area contributed by atoms with E-state index in [1.807, 2.05) is 20.8 Å². The van der Waals surface area contributed by atoms with Crippen molar-refractivity contribution in [1.82, 2.24) is 19.8 Å². The summed E-state index contributed by atoms with van der Waals surface area (Å²) in [5, 5.41) is 36.3. The summed E-state index contributed by atoms with van der Waals surface area (Å²) < 4.78 is 1.51. The summed E-state index contributed by atoms with van der Waals surface area (Å²) in [7, 11) is 0. The molecule has 0 saturated carbocycles. The van der Waals surface area contributed by atoms with Gasteiger partial charge >= 0.3 is 0 Å². The van der Waals surface area contributed by atoms with Crippen molar-refractivity contribution in [2.75, 3.05) is 0 Å². The number of nitro benzene ring substituents is 1. The van der Waals surface area contributed by atoms with Crippen molar-refractivity contribution in [3.8, 4) is 5.75 Å². The molecule has 0 atom stereocenters. The fraction of sp³-hybridized carbons (Fsp3) is 0.333. The molecule has 3 rings (SSSR count). The number of hydrogen-bond donors (Lipinski definition) is 2. The summed E-state index contributed by atoms with van der Waals surface area (Å²) in [6.07, 6.45) is 0. The topological polar surface area (TPSA) is 134 Å². The van der Waals surface area contributed by atoms with E-state index in [0.29, 0.717) is 17.2 Å². The Kier molecular flexibility index (Phi) is 3.74. The largest absolute Gasteiger partial charge is 0.506 e. The third kappa shape index (κ3) is 3.05. The number of non-ortho nitro benzene ring substituents is 1. The molecule has 25 heavy (non-hydrogen) atoms. The predicted molar refractivity (Wildman–Crippen MR) is 89.7 cm³/mol. The fourth-order valence-electron chi connectivity index (χ4n) is 2.34. The maximum Gasteiger partial charge on any atom is 0.271 e. The Morgan fingerprint density at radius 2 is 2.04 bits per heavy atom. The minimum absolute atomic E-state index is 0.00430. The first-order chi connectivity index (χ1) is 11.7. The number of phenolic OH excluding ortho intramolecular Hbond substituents is 1. The molecule has 0 aliphatic heterocycles. The number of hydrogen-bond acceptors (Lipinski definition) is 7. The van der Waals surface area contributed by atoms with E-state index in [1.165, 1.54) is 16.8 Å². The Morgan fingerprint density at radius 3 is 2.68 bits per heavy atom. The normalized spacial score (nSPS) is 12.3. The molecule has 2 N–H and O–H groups in total. The molecule has 10 heteroatoms. The van der Waals surface area contributed by atoms with Crippen molar-refractivity contribution < 1.29 is 10.0 Å². The Labute approximate surface area is 142 Å². The highest BCUT2D eigenvalue weighted by Gasteiger charge is 2.25. The number of benzene rings is 1. The van der Waals surface area contributed by atoms with Crippen LogP contribution < -0.4 is 0 Å². The van der Waals surface area contributed by atoms with E-state index < -0.39 is 4.92 Å². The van der Waals surface area contributed by atoms with Crippen LogP contribution in [0.4, 0.5) is 17.1 Å². The van der Waals surface area contributed by atoms with Crippen LogP contribution >= 0.6 is 0 Å². The third-order valence-corrected chi connectivity index (χ3v) is 3.56. The highest BCUT2D eigenvalue weighted by atomic mass is 16.6. The van der Waals surface area contributed by atoms with Gasteiger partial charge in [-0.1, -0.05) is 20.8 Å². The molecule has 0 bridgehead atoms. The minimum atomic E-state index is -0.560. The molecule has 0 amide bonds. The van der Waals surface area contributed by atoms with Crippen LogP contribution in [0.3, 0.4) is 0 Å². The minimum Gasteiger partial charge on any atom is -0.506 e. The molecule has 0 unspecified atom stereocenters. The van der Waals surface area contributed by atoms with Gasteiger partial charge in [0.05, 0.1) is 10.6 Å². The number of aromatic nitrogens is 4. The quantitative estimate of drug-likeness (QED) is 0.425. The second-order valence-corrected chi connectivity index (χ2v) is 6.61. The van der Waals surface area contributed by atoms with Crippen molar-refractivity contribution in [3.63, 3.8) is 0 Å². The first-order valence-corrected chi connectivity index (χ1v) is 7.52. The maximum atomic E-state index is 10.9. The lowest BCUT2D eigenvalue weighted by molar-refractivity contribution is -0.384. The lowest BCUT2D eigenvalue weighted by Gasteiger charge is -2.16. The summed E-state index contributed by atoms with van der Waals surface area (Å²) in [5.74, 6) is 0.372. The summed E-state index contributed by atoms with van der Waals surface area (Å²) in [6, 6.07) is 3.57. The van der Waals surface area contributed by atoms with Gasteiger partial charge in [-0.05, 0) is 13.0 Å². The van der Waals surface area contributed by atoms with Gasteiger partial charge < -0.3 is 5.11 Å².